The van der Waals surface area contributed by atoms with Gasteiger partial charge >= 0.3 is 0 Å². The molecule has 2 atom stereocenters. The smallest absolute Gasteiger partial charge is 0.231 e. The number of hydrogen-bond acceptors (Lipinski definition) is 3. The van der Waals surface area contributed by atoms with Crippen LogP contribution in [0.3, 0.4) is 0 Å². The Balaban J connectivity index is 1.51. The van der Waals surface area contributed by atoms with Gasteiger partial charge in [-0.2, -0.15) is 0 Å². The van der Waals surface area contributed by atoms with Crippen molar-refractivity contribution in [3.05, 3.63) is 23.8 Å². The van der Waals surface area contributed by atoms with Crippen molar-refractivity contribution in [3.63, 3.8) is 0 Å². The lowest BCUT2D eigenvalue weighted by molar-refractivity contribution is -0.909. The highest BCUT2D eigenvalue weighted by Crippen LogP contribution is 2.33. The normalized spacial score (nSPS) is 24.9. The van der Waals surface area contributed by atoms with Gasteiger partial charge in [-0.15, -0.1) is 0 Å². The fourth-order valence-corrected chi connectivity index (χ4v) is 5.21. The van der Waals surface area contributed by atoms with Gasteiger partial charge in [-0.05, 0) is 37.5 Å². The second-order valence-corrected chi connectivity index (χ2v) is 8.70. The molecule has 0 radical (unpaired) electrons. The second kappa shape index (κ2) is 9.17. The van der Waals surface area contributed by atoms with E-state index >= 15 is 0 Å². The number of nitrogens with zero attached hydrogens (tertiary/aromatic N) is 1. The third-order valence-electron chi connectivity index (χ3n) is 6.85. The van der Waals surface area contributed by atoms with E-state index in [-0.39, 0.29) is 5.92 Å². The maximum Gasteiger partial charge on any atom is 0.231 e. The maximum absolute atomic E-state index is 13.5. The number of ether oxygens (including phenoxy) is 2. The van der Waals surface area contributed by atoms with Crippen LogP contribution in [0.4, 0.5) is 0 Å². The molecule has 1 N–H and O–H groups in total. The average Bonchev–Trinajstić information content (AvgIpc) is 3.28. The number of rotatable bonds is 6. The lowest BCUT2D eigenvalue weighted by atomic mass is 9.98. The first kappa shape index (κ1) is 19.6. The molecule has 154 valence electrons. The Morgan fingerprint density at radius 2 is 1.86 bits per heavy atom. The summed E-state index contributed by atoms with van der Waals surface area (Å²) in [4.78, 5) is 17.4. The molecule has 0 bridgehead atoms. The Hall–Kier alpha value is -1.75. The van der Waals surface area contributed by atoms with Crippen LogP contribution in [-0.4, -0.2) is 43.3 Å². The van der Waals surface area contributed by atoms with E-state index in [9.17, 15) is 4.79 Å². The van der Waals surface area contributed by atoms with Gasteiger partial charge in [-0.25, -0.2) is 0 Å². The Bertz CT molecular complexity index is 670. The Labute approximate surface area is 169 Å². The Kier molecular flexibility index (Phi) is 6.40. The molecule has 2 fully saturated rings. The monoisotopic (exact) mass is 387 g/mol. The van der Waals surface area contributed by atoms with Crippen molar-refractivity contribution in [2.45, 2.75) is 70.9 Å². The zero-order valence-corrected chi connectivity index (χ0v) is 17.3. The molecule has 1 saturated heterocycles. The zero-order chi connectivity index (χ0) is 19.3. The molecule has 2 aliphatic heterocycles. The topological polar surface area (TPSA) is 43.2 Å². The molecule has 2 heterocycles. The van der Waals surface area contributed by atoms with Crippen molar-refractivity contribution in [2.24, 2.45) is 5.92 Å². The standard InChI is InChI=1S/C23H34N2O3/c1-2-24-13-7-10-20(24)16-25(23(26)19-8-5-3-4-6-9-19)15-18-11-12-21-22(14-18)28-17-27-21/h11-12,14,19-20H,2-10,13,15-17H2,1H3/p+1/t20-/m1/s1. The van der Waals surface area contributed by atoms with Crippen LogP contribution in [0, 0.1) is 5.92 Å². The Morgan fingerprint density at radius 1 is 1.07 bits per heavy atom. The molecule has 3 aliphatic rings. The third kappa shape index (κ3) is 4.45. The van der Waals surface area contributed by atoms with Crippen LogP contribution < -0.4 is 14.4 Å². The fourth-order valence-electron chi connectivity index (χ4n) is 5.21. The van der Waals surface area contributed by atoms with Crippen LogP contribution in [0.5, 0.6) is 11.5 Å². The quantitative estimate of drug-likeness (QED) is 0.764. The summed E-state index contributed by atoms with van der Waals surface area (Å²) in [5.41, 5.74) is 1.14. The van der Waals surface area contributed by atoms with E-state index in [0.29, 0.717) is 25.3 Å². The van der Waals surface area contributed by atoms with E-state index in [1.54, 1.807) is 4.90 Å². The molecule has 1 aliphatic carbocycles. The fraction of sp³-hybridized carbons (Fsp3) is 0.696. The highest BCUT2D eigenvalue weighted by atomic mass is 16.7. The van der Waals surface area contributed by atoms with Gasteiger partial charge in [-0.3, -0.25) is 4.79 Å². The summed E-state index contributed by atoms with van der Waals surface area (Å²) < 4.78 is 11.0. The number of benzene rings is 1. The molecule has 5 nitrogen and oxygen atoms in total. The van der Waals surface area contributed by atoms with E-state index in [4.69, 9.17) is 9.47 Å². The minimum atomic E-state index is 0.211. The highest BCUT2D eigenvalue weighted by Gasteiger charge is 2.33. The number of nitrogens with one attached hydrogen (secondary N) is 1. The minimum Gasteiger partial charge on any atom is -0.454 e. The zero-order valence-electron chi connectivity index (χ0n) is 17.3. The van der Waals surface area contributed by atoms with E-state index in [1.165, 1.54) is 45.1 Å². The maximum atomic E-state index is 13.5. The molecule has 1 amide bonds. The number of fused-ring (bicyclic) bond motifs is 1. The van der Waals surface area contributed by atoms with E-state index < -0.39 is 0 Å². The largest absolute Gasteiger partial charge is 0.454 e. The first-order chi connectivity index (χ1) is 13.7. The van der Waals surface area contributed by atoms with Crippen molar-refractivity contribution in [1.29, 1.82) is 0 Å². The van der Waals surface area contributed by atoms with Gasteiger partial charge in [0.05, 0.1) is 19.6 Å². The summed E-state index contributed by atoms with van der Waals surface area (Å²) in [7, 11) is 0. The number of carbonyl (C=O) groups is 1. The first-order valence-corrected chi connectivity index (χ1v) is 11.3. The summed E-state index contributed by atoms with van der Waals surface area (Å²) >= 11 is 0. The van der Waals surface area contributed by atoms with Crippen molar-refractivity contribution >= 4 is 5.91 Å². The lowest BCUT2D eigenvalue weighted by Gasteiger charge is -2.31. The molecule has 5 heteroatoms. The van der Waals surface area contributed by atoms with Gasteiger partial charge in [0.25, 0.3) is 0 Å². The molecule has 28 heavy (non-hydrogen) atoms. The number of amides is 1. The number of likely N-dealkylation sites (tertiary alicyclic amines) is 1. The van der Waals surface area contributed by atoms with E-state index in [2.05, 4.69) is 24.0 Å². The molecule has 1 unspecified atom stereocenters. The summed E-state index contributed by atoms with van der Waals surface area (Å²) in [6, 6.07) is 6.69. The van der Waals surface area contributed by atoms with Crippen molar-refractivity contribution in [2.75, 3.05) is 26.4 Å². The van der Waals surface area contributed by atoms with Crippen LogP contribution in [0.1, 0.15) is 63.9 Å². The molecular weight excluding hydrogens is 352 g/mol. The second-order valence-electron chi connectivity index (χ2n) is 8.70. The van der Waals surface area contributed by atoms with Crippen molar-refractivity contribution in [1.82, 2.24) is 4.90 Å². The number of likely N-dealkylation sites (N-methyl/N-ethyl adjacent to an activating group) is 1. The molecule has 1 saturated carbocycles. The summed E-state index contributed by atoms with van der Waals surface area (Å²) in [5.74, 6) is 2.20. The molecule has 0 aromatic heterocycles. The molecular formula is C23H35N2O3+. The van der Waals surface area contributed by atoms with Crippen molar-refractivity contribution < 1.29 is 19.2 Å². The van der Waals surface area contributed by atoms with Crippen LogP contribution >= 0.6 is 0 Å². The average molecular weight is 388 g/mol. The highest BCUT2D eigenvalue weighted by molar-refractivity contribution is 5.79. The molecule has 1 aromatic rings. The SMILES string of the molecule is CC[NH+]1CCC[C@@H]1CN(Cc1ccc2c(c1)OCO2)C(=O)C1CCCCCC1. The Morgan fingerprint density at radius 3 is 2.64 bits per heavy atom. The van der Waals surface area contributed by atoms with E-state index in [1.807, 2.05) is 6.07 Å². The van der Waals surface area contributed by atoms with Crippen molar-refractivity contribution in [3.8, 4) is 11.5 Å². The predicted molar refractivity (Wildman–Crippen MR) is 109 cm³/mol. The van der Waals surface area contributed by atoms with Gasteiger partial charge in [-0.1, -0.05) is 31.7 Å². The first-order valence-electron chi connectivity index (χ1n) is 11.3. The number of carbonyl (C=O) groups excluding carboxylic acids is 1. The summed E-state index contributed by atoms with van der Waals surface area (Å²) in [6.45, 7) is 6.52. The van der Waals surface area contributed by atoms with Gasteiger partial charge in [0.1, 0.15) is 6.04 Å². The lowest BCUT2D eigenvalue weighted by Crippen LogP contribution is -3.14. The summed E-state index contributed by atoms with van der Waals surface area (Å²) in [5, 5.41) is 0. The molecule has 1 aromatic carbocycles. The summed E-state index contributed by atoms with van der Waals surface area (Å²) in [6.07, 6.45) is 9.60. The van der Waals surface area contributed by atoms with Crippen LogP contribution in [0.2, 0.25) is 0 Å². The predicted octanol–water partition coefficient (Wildman–Crippen LogP) is 2.78. The van der Waals surface area contributed by atoms with Crippen LogP contribution in [0.25, 0.3) is 0 Å². The van der Waals surface area contributed by atoms with Gasteiger partial charge < -0.3 is 19.3 Å². The number of quaternary nitrogens is 1. The van der Waals surface area contributed by atoms with Gasteiger partial charge in [0.2, 0.25) is 12.7 Å². The van der Waals surface area contributed by atoms with E-state index in [0.717, 1.165) is 43.0 Å². The third-order valence-corrected chi connectivity index (χ3v) is 6.85. The van der Waals surface area contributed by atoms with Crippen LogP contribution in [0.15, 0.2) is 18.2 Å². The number of hydrogen-bond donors (Lipinski definition) is 1. The van der Waals surface area contributed by atoms with Gasteiger partial charge in [0.15, 0.2) is 11.5 Å². The molecule has 4 rings (SSSR count). The van der Waals surface area contributed by atoms with Crippen LogP contribution in [-0.2, 0) is 11.3 Å². The molecule has 0 spiro atoms. The van der Waals surface area contributed by atoms with Gasteiger partial charge in [0, 0.05) is 25.3 Å². The minimum absolute atomic E-state index is 0.211.